The van der Waals surface area contributed by atoms with Crippen molar-refractivity contribution in [3.05, 3.63) is 72.3 Å². The Morgan fingerprint density at radius 2 is 1.27 bits per heavy atom. The van der Waals surface area contributed by atoms with Gasteiger partial charge in [-0.2, -0.15) is 39.5 Å². The molecule has 4 aromatic rings. The first-order valence-corrected chi connectivity index (χ1v) is 12.9. The molecule has 2 unspecified atom stereocenters. The summed E-state index contributed by atoms with van der Waals surface area (Å²) < 4.78 is 123. The summed E-state index contributed by atoms with van der Waals surface area (Å²) in [5, 5.41) is 20.7. The molecule has 0 spiro atoms. The quantitative estimate of drug-likeness (QED) is 0.167. The van der Waals surface area contributed by atoms with E-state index in [-0.39, 0.29) is 12.2 Å². The molecule has 0 aliphatic carbocycles. The fraction of sp³-hybridized carbons (Fsp3) is 0.333. The van der Waals surface area contributed by atoms with Gasteiger partial charge in [-0.05, 0) is 61.7 Å². The van der Waals surface area contributed by atoms with Gasteiger partial charge in [0, 0.05) is 33.4 Å². The fourth-order valence-electron chi connectivity index (χ4n) is 4.07. The van der Waals surface area contributed by atoms with Crippen molar-refractivity contribution in [3.8, 4) is 10.6 Å². The van der Waals surface area contributed by atoms with E-state index in [1.165, 1.54) is 24.3 Å². The summed E-state index contributed by atoms with van der Waals surface area (Å²) >= 11 is 0. The molecule has 0 saturated carbocycles. The average molecular weight is 598 g/mol. The minimum Gasteiger partial charge on any atom is -0.490 e. The van der Waals surface area contributed by atoms with Crippen molar-refractivity contribution in [3.63, 3.8) is 0 Å². The lowest BCUT2D eigenvalue weighted by atomic mass is 9.95. The summed E-state index contributed by atoms with van der Waals surface area (Å²) in [6.45, 7) is -1.37. The lowest BCUT2D eigenvalue weighted by Crippen LogP contribution is -2.60. The Hall–Kier alpha value is -3.03. The Bertz CT molecular complexity index is 1490. The van der Waals surface area contributed by atoms with Gasteiger partial charge in [-0.3, -0.25) is 0 Å². The number of alkyl halides is 9. The Labute approximate surface area is 224 Å². The van der Waals surface area contributed by atoms with Gasteiger partial charge in [-0.15, -0.1) is 0 Å². The molecule has 2 N–H and O–H groups in total. The normalized spacial score (nSPS) is 15.4. The first-order valence-electron chi connectivity index (χ1n) is 11.7. The predicted molar refractivity (Wildman–Crippen MR) is 133 cm³/mol. The minimum absolute atomic E-state index is 0.0377. The van der Waals surface area contributed by atoms with Gasteiger partial charge in [0.15, 0.2) is 19.9 Å². The molecule has 0 radical (unpaired) electrons. The molecule has 1 aromatic heterocycles. The summed E-state index contributed by atoms with van der Waals surface area (Å²) in [7, 11) is -0.736. The van der Waals surface area contributed by atoms with Crippen molar-refractivity contribution in [1.82, 2.24) is 0 Å². The molecule has 40 heavy (non-hydrogen) atoms. The van der Waals surface area contributed by atoms with Gasteiger partial charge < -0.3 is 14.9 Å². The maximum absolute atomic E-state index is 13.1. The number of fused-ring (bicyclic) bond motifs is 3. The summed E-state index contributed by atoms with van der Waals surface area (Å²) in [5.74, 6) is -0.320. The monoisotopic (exact) mass is 597 g/mol. The zero-order valence-corrected chi connectivity index (χ0v) is 21.4. The molecule has 0 amide bonds. The number of hydrogen-bond donors (Lipinski definition) is 2. The lowest BCUT2D eigenvalue weighted by molar-refractivity contribution is -0.373. The van der Waals surface area contributed by atoms with Crippen LogP contribution in [-0.2, 0) is 6.42 Å². The Kier molecular flexibility index (Phi) is 7.57. The van der Waals surface area contributed by atoms with Crippen LogP contribution < -0.4 is 4.74 Å². The number of rotatable bonds is 7. The van der Waals surface area contributed by atoms with Gasteiger partial charge in [0.2, 0.25) is 0 Å². The summed E-state index contributed by atoms with van der Waals surface area (Å²) in [6, 6.07) is 17.8. The zero-order chi connectivity index (χ0) is 29.7. The molecule has 216 valence electrons. The number of ether oxygens (including phenoxy) is 1. The highest BCUT2D eigenvalue weighted by Gasteiger charge is 2.71. The van der Waals surface area contributed by atoms with E-state index < -0.39 is 53.2 Å². The number of halogens is 9. The average Bonchev–Trinajstić information content (AvgIpc) is 3.18. The molecular formula is C27H22F9O3S+. The van der Waals surface area contributed by atoms with E-state index in [2.05, 4.69) is 4.74 Å². The maximum atomic E-state index is 13.1. The third-order valence-electron chi connectivity index (χ3n) is 6.62. The fourth-order valence-corrected chi connectivity index (χ4v) is 6.43. The Morgan fingerprint density at radius 1 is 0.700 bits per heavy atom. The molecule has 3 nitrogen and oxygen atoms in total. The molecule has 1 heterocycles. The van der Waals surface area contributed by atoms with Gasteiger partial charge in [0.1, 0.15) is 12.4 Å². The summed E-state index contributed by atoms with van der Waals surface area (Å²) in [5.41, 5.74) is -7.32. The van der Waals surface area contributed by atoms with Crippen LogP contribution in [0, 0.1) is 0 Å². The van der Waals surface area contributed by atoms with Gasteiger partial charge >= 0.3 is 18.5 Å². The van der Waals surface area contributed by atoms with E-state index in [1.54, 1.807) is 30.3 Å². The Balaban J connectivity index is 1.65. The van der Waals surface area contributed by atoms with Crippen LogP contribution in [0.1, 0.15) is 18.9 Å². The van der Waals surface area contributed by atoms with E-state index >= 15 is 0 Å². The molecule has 4 rings (SSSR count). The van der Waals surface area contributed by atoms with E-state index in [0.29, 0.717) is 17.4 Å². The van der Waals surface area contributed by atoms with E-state index in [1.807, 2.05) is 12.1 Å². The standard InChI is InChI=1S/C27H22F9O3S/c1-23(37,25(28,29)30)13-12-16-6-11-22-20(14-16)19-4-2-3-5-21(19)40(22)18-9-7-17(8-10-18)39-15-24(38,26(31,32)33)27(34,35)36/h2-11,14,37-38H,12-13,15H2,1H3/q+1. The molecular weight excluding hydrogens is 575 g/mol. The van der Waals surface area contributed by atoms with Crippen molar-refractivity contribution in [2.75, 3.05) is 6.61 Å². The number of aliphatic hydroxyl groups is 2. The zero-order valence-electron chi connectivity index (χ0n) is 20.6. The topological polar surface area (TPSA) is 49.7 Å². The van der Waals surface area contributed by atoms with E-state index in [9.17, 15) is 49.7 Å². The predicted octanol–water partition coefficient (Wildman–Crippen LogP) is 8.21. The molecule has 0 aliphatic rings. The second-order valence-corrected chi connectivity index (χ2v) is 11.5. The lowest BCUT2D eigenvalue weighted by Gasteiger charge is -2.31. The third-order valence-corrected chi connectivity index (χ3v) is 8.95. The van der Waals surface area contributed by atoms with Gasteiger partial charge in [0.25, 0.3) is 5.60 Å². The number of aryl methyl sites for hydroxylation is 1. The van der Waals surface area contributed by atoms with Crippen molar-refractivity contribution >= 4 is 30.6 Å². The van der Waals surface area contributed by atoms with Gasteiger partial charge in [0.05, 0.1) is 0 Å². The van der Waals surface area contributed by atoms with Crippen molar-refractivity contribution < 1.29 is 54.5 Å². The minimum atomic E-state index is -6.01. The molecule has 0 bridgehead atoms. The second-order valence-electron chi connectivity index (χ2n) is 9.52. The number of benzene rings is 3. The van der Waals surface area contributed by atoms with Crippen LogP contribution in [0.4, 0.5) is 39.5 Å². The molecule has 2 atom stereocenters. The van der Waals surface area contributed by atoms with Crippen molar-refractivity contribution in [1.29, 1.82) is 0 Å². The van der Waals surface area contributed by atoms with Crippen LogP contribution in [0.2, 0.25) is 0 Å². The highest BCUT2D eigenvalue weighted by Crippen LogP contribution is 2.49. The van der Waals surface area contributed by atoms with Crippen molar-refractivity contribution in [2.45, 2.75) is 49.5 Å². The number of hydrogen-bond acceptors (Lipinski definition) is 3. The molecule has 0 aliphatic heterocycles. The SMILES string of the molecule is CC(O)(CCc1ccc2c(c1)c1ccccc1[s+]2-c1ccc(OCC(O)(C(F)(F)F)C(F)(F)F)cc1)C(F)(F)F. The van der Waals surface area contributed by atoms with Crippen LogP contribution >= 0.6 is 10.5 Å². The van der Waals surface area contributed by atoms with Crippen LogP contribution in [0.5, 0.6) is 5.75 Å². The largest absolute Gasteiger partial charge is 0.490 e. The summed E-state index contributed by atoms with van der Waals surface area (Å²) in [4.78, 5) is 0.660. The van der Waals surface area contributed by atoms with Crippen LogP contribution in [0.3, 0.4) is 0 Å². The van der Waals surface area contributed by atoms with Crippen molar-refractivity contribution in [2.24, 2.45) is 0 Å². The first-order chi connectivity index (χ1) is 18.4. The molecule has 0 fully saturated rings. The highest BCUT2D eigenvalue weighted by atomic mass is 32.2. The van der Waals surface area contributed by atoms with Crippen LogP contribution in [0.25, 0.3) is 25.1 Å². The van der Waals surface area contributed by atoms with Gasteiger partial charge in [-0.1, -0.05) is 18.2 Å². The summed E-state index contributed by atoms with van der Waals surface area (Å²) in [6.07, 6.45) is -17.4. The first kappa shape index (κ1) is 29.9. The van der Waals surface area contributed by atoms with Crippen LogP contribution in [0.15, 0.2) is 66.7 Å². The second kappa shape index (κ2) is 10.1. The van der Waals surface area contributed by atoms with Crippen LogP contribution in [-0.4, -0.2) is 46.6 Å². The third kappa shape index (κ3) is 5.46. The smallest absolute Gasteiger partial charge is 0.429 e. The molecule has 0 saturated heterocycles. The molecule has 13 heteroatoms. The molecule has 3 aromatic carbocycles. The van der Waals surface area contributed by atoms with E-state index in [0.717, 1.165) is 20.2 Å². The highest BCUT2D eigenvalue weighted by molar-refractivity contribution is 7.50. The maximum Gasteiger partial charge on any atom is 0.429 e. The van der Waals surface area contributed by atoms with E-state index in [4.69, 9.17) is 0 Å². The van der Waals surface area contributed by atoms with Gasteiger partial charge in [-0.25, -0.2) is 0 Å². The number of thiophene rings is 1. The Morgan fingerprint density at radius 3 is 1.85 bits per heavy atom.